The molecule has 2 amide bonds. The molecule has 0 atom stereocenters. The summed E-state index contributed by atoms with van der Waals surface area (Å²) in [6.07, 6.45) is 4.84. The maximum atomic E-state index is 12.1. The molecule has 0 radical (unpaired) electrons. The molecule has 0 aromatic heterocycles. The van der Waals surface area contributed by atoms with Crippen molar-refractivity contribution in [3.63, 3.8) is 0 Å². The molecule has 2 rings (SSSR count). The van der Waals surface area contributed by atoms with Crippen LogP contribution in [-0.2, 0) is 0 Å². The summed E-state index contributed by atoms with van der Waals surface area (Å²) in [5, 5.41) is 3.19. The highest BCUT2D eigenvalue weighted by Crippen LogP contribution is 2.39. The lowest BCUT2D eigenvalue weighted by Crippen LogP contribution is -2.52. The lowest BCUT2D eigenvalue weighted by atomic mass is 9.98. The normalized spacial score (nSPS) is 23.3. The third-order valence-electron chi connectivity index (χ3n) is 4.10. The van der Waals surface area contributed by atoms with Gasteiger partial charge in [-0.3, -0.25) is 0 Å². The lowest BCUT2D eigenvalue weighted by Gasteiger charge is -2.34. The second-order valence-corrected chi connectivity index (χ2v) is 6.10. The van der Waals surface area contributed by atoms with Crippen LogP contribution >= 0.6 is 0 Å². The lowest BCUT2D eigenvalue weighted by molar-refractivity contribution is 0.162. The number of carbonyl (C=O) groups excluding carboxylic acids is 1. The maximum Gasteiger partial charge on any atom is 0.317 e. The molecule has 0 bridgehead atoms. The Morgan fingerprint density at radius 1 is 1.19 bits per heavy atom. The highest BCUT2D eigenvalue weighted by atomic mass is 16.2. The van der Waals surface area contributed by atoms with Crippen LogP contribution in [0.4, 0.5) is 4.79 Å². The second kappa shape index (κ2) is 4.27. The Kier molecular flexibility index (Phi) is 3.13. The van der Waals surface area contributed by atoms with E-state index in [1.165, 1.54) is 12.8 Å². The minimum atomic E-state index is -0.0137. The van der Waals surface area contributed by atoms with E-state index in [2.05, 4.69) is 26.1 Å². The predicted octanol–water partition coefficient (Wildman–Crippen LogP) is 2.62. The summed E-state index contributed by atoms with van der Waals surface area (Å²) in [5.41, 5.74) is -0.0137. The number of carbonyl (C=O) groups is 1. The SMILES string of the molecule is CC1CCN(C(=O)NC(C)(C)C2CC2)CC1. The molecule has 0 unspecified atom stereocenters. The van der Waals surface area contributed by atoms with Crippen LogP contribution in [-0.4, -0.2) is 29.6 Å². The van der Waals surface area contributed by atoms with Gasteiger partial charge in [0.2, 0.25) is 0 Å². The Hall–Kier alpha value is -0.730. The predicted molar refractivity (Wildman–Crippen MR) is 65.3 cm³/mol. The number of nitrogens with zero attached hydrogens (tertiary/aromatic N) is 1. The fourth-order valence-corrected chi connectivity index (χ4v) is 2.47. The first-order valence-electron chi connectivity index (χ1n) is 6.56. The summed E-state index contributed by atoms with van der Waals surface area (Å²) >= 11 is 0. The quantitative estimate of drug-likeness (QED) is 0.768. The first-order chi connectivity index (χ1) is 7.49. The topological polar surface area (TPSA) is 32.3 Å². The molecule has 3 nitrogen and oxygen atoms in total. The molecule has 1 saturated carbocycles. The third kappa shape index (κ3) is 2.69. The molecule has 1 heterocycles. The van der Waals surface area contributed by atoms with Gasteiger partial charge < -0.3 is 10.2 Å². The van der Waals surface area contributed by atoms with E-state index in [-0.39, 0.29) is 11.6 Å². The van der Waals surface area contributed by atoms with E-state index in [1.54, 1.807) is 0 Å². The molecule has 0 aromatic carbocycles. The average Bonchev–Trinajstić information content (AvgIpc) is 3.01. The molecule has 2 fully saturated rings. The molecular weight excluding hydrogens is 200 g/mol. The molecule has 0 spiro atoms. The van der Waals surface area contributed by atoms with Crippen LogP contribution in [0.3, 0.4) is 0 Å². The van der Waals surface area contributed by atoms with Gasteiger partial charge >= 0.3 is 6.03 Å². The minimum absolute atomic E-state index is 0.0137. The zero-order valence-electron chi connectivity index (χ0n) is 10.8. The molecule has 1 N–H and O–H groups in total. The van der Waals surface area contributed by atoms with Crippen molar-refractivity contribution in [2.75, 3.05) is 13.1 Å². The van der Waals surface area contributed by atoms with Crippen LogP contribution in [0.1, 0.15) is 46.5 Å². The van der Waals surface area contributed by atoms with Crippen molar-refractivity contribution in [1.29, 1.82) is 0 Å². The van der Waals surface area contributed by atoms with Crippen molar-refractivity contribution in [3.8, 4) is 0 Å². The average molecular weight is 224 g/mol. The van der Waals surface area contributed by atoms with Crippen LogP contribution in [0.25, 0.3) is 0 Å². The van der Waals surface area contributed by atoms with E-state index in [4.69, 9.17) is 0 Å². The van der Waals surface area contributed by atoms with Gasteiger partial charge in [-0.25, -0.2) is 4.79 Å². The zero-order chi connectivity index (χ0) is 11.8. The van der Waals surface area contributed by atoms with Gasteiger partial charge in [0.15, 0.2) is 0 Å². The first-order valence-corrected chi connectivity index (χ1v) is 6.56. The Morgan fingerprint density at radius 2 is 1.75 bits per heavy atom. The molecule has 16 heavy (non-hydrogen) atoms. The monoisotopic (exact) mass is 224 g/mol. The van der Waals surface area contributed by atoms with Crippen LogP contribution in [0.5, 0.6) is 0 Å². The van der Waals surface area contributed by atoms with Gasteiger partial charge in [-0.2, -0.15) is 0 Å². The van der Waals surface area contributed by atoms with Crippen molar-refractivity contribution >= 4 is 6.03 Å². The fourth-order valence-electron chi connectivity index (χ4n) is 2.47. The Bertz CT molecular complexity index is 263. The molecule has 0 aromatic rings. The maximum absolute atomic E-state index is 12.1. The van der Waals surface area contributed by atoms with Crippen molar-refractivity contribution in [2.45, 2.75) is 52.0 Å². The summed E-state index contributed by atoms with van der Waals surface area (Å²) in [7, 11) is 0. The standard InChI is InChI=1S/C13H24N2O/c1-10-6-8-15(9-7-10)12(16)14-13(2,3)11-4-5-11/h10-11H,4-9H2,1-3H3,(H,14,16). The van der Waals surface area contributed by atoms with Crippen molar-refractivity contribution in [2.24, 2.45) is 11.8 Å². The number of urea groups is 1. The van der Waals surface area contributed by atoms with Gasteiger partial charge in [-0.15, -0.1) is 0 Å². The Morgan fingerprint density at radius 3 is 2.25 bits per heavy atom. The number of amides is 2. The summed E-state index contributed by atoms with van der Waals surface area (Å²) in [5.74, 6) is 1.47. The van der Waals surface area contributed by atoms with E-state index in [1.807, 2.05) is 4.90 Å². The summed E-state index contributed by atoms with van der Waals surface area (Å²) in [4.78, 5) is 14.0. The highest BCUT2D eigenvalue weighted by molar-refractivity contribution is 5.75. The number of nitrogens with one attached hydrogen (secondary N) is 1. The van der Waals surface area contributed by atoms with Crippen LogP contribution < -0.4 is 5.32 Å². The van der Waals surface area contributed by atoms with Gasteiger partial charge in [0, 0.05) is 18.6 Å². The third-order valence-corrected chi connectivity index (χ3v) is 4.10. The van der Waals surface area contributed by atoms with Gasteiger partial charge in [0.25, 0.3) is 0 Å². The van der Waals surface area contributed by atoms with Gasteiger partial charge in [-0.1, -0.05) is 6.92 Å². The largest absolute Gasteiger partial charge is 0.333 e. The summed E-state index contributed by atoms with van der Waals surface area (Å²) in [6.45, 7) is 8.41. The van der Waals surface area contributed by atoms with E-state index in [0.717, 1.165) is 31.8 Å². The van der Waals surface area contributed by atoms with Crippen molar-refractivity contribution in [3.05, 3.63) is 0 Å². The van der Waals surface area contributed by atoms with Crippen LogP contribution in [0.15, 0.2) is 0 Å². The number of rotatable bonds is 2. The zero-order valence-corrected chi connectivity index (χ0v) is 10.8. The van der Waals surface area contributed by atoms with E-state index < -0.39 is 0 Å². The molecule has 3 heteroatoms. The first kappa shape index (κ1) is 11.7. The number of likely N-dealkylation sites (tertiary alicyclic amines) is 1. The van der Waals surface area contributed by atoms with Crippen molar-refractivity contribution < 1.29 is 4.79 Å². The number of hydrogen-bond donors (Lipinski definition) is 1. The highest BCUT2D eigenvalue weighted by Gasteiger charge is 2.39. The van der Waals surface area contributed by atoms with Gasteiger partial charge in [0.05, 0.1) is 0 Å². The molecule has 92 valence electrons. The smallest absolute Gasteiger partial charge is 0.317 e. The Labute approximate surface area is 98.6 Å². The molecule has 2 aliphatic rings. The fraction of sp³-hybridized carbons (Fsp3) is 0.923. The summed E-state index contributed by atoms with van der Waals surface area (Å²) in [6, 6.07) is 0.142. The number of hydrogen-bond acceptors (Lipinski definition) is 1. The van der Waals surface area contributed by atoms with Crippen molar-refractivity contribution in [1.82, 2.24) is 10.2 Å². The molecule has 1 aliphatic carbocycles. The van der Waals surface area contributed by atoms with E-state index >= 15 is 0 Å². The van der Waals surface area contributed by atoms with E-state index in [0.29, 0.717) is 5.92 Å². The Balaban J connectivity index is 1.83. The molecular formula is C13H24N2O. The minimum Gasteiger partial charge on any atom is -0.333 e. The molecule has 1 aliphatic heterocycles. The molecule has 1 saturated heterocycles. The second-order valence-electron chi connectivity index (χ2n) is 6.10. The number of piperidine rings is 1. The summed E-state index contributed by atoms with van der Waals surface area (Å²) < 4.78 is 0. The van der Waals surface area contributed by atoms with Crippen LogP contribution in [0, 0.1) is 11.8 Å². The van der Waals surface area contributed by atoms with Gasteiger partial charge in [0.1, 0.15) is 0 Å². The van der Waals surface area contributed by atoms with Gasteiger partial charge in [-0.05, 0) is 51.4 Å². The van der Waals surface area contributed by atoms with E-state index in [9.17, 15) is 4.79 Å². The van der Waals surface area contributed by atoms with Crippen LogP contribution in [0.2, 0.25) is 0 Å².